The summed E-state index contributed by atoms with van der Waals surface area (Å²) < 4.78 is 12.1. The maximum Gasteiger partial charge on any atom is 0.125 e. The summed E-state index contributed by atoms with van der Waals surface area (Å²) in [5.41, 5.74) is 2.72. The minimum atomic E-state index is -0.726. The van der Waals surface area contributed by atoms with Crippen molar-refractivity contribution in [1.29, 1.82) is 0 Å². The van der Waals surface area contributed by atoms with E-state index in [0.29, 0.717) is 5.75 Å². The first-order valence-electron chi connectivity index (χ1n) is 6.37. The highest BCUT2D eigenvalue weighted by Gasteiger charge is 2.25. The quantitative estimate of drug-likeness (QED) is 0.907. The minimum absolute atomic E-state index is 0.176. The van der Waals surface area contributed by atoms with Gasteiger partial charge in [0.15, 0.2) is 0 Å². The van der Waals surface area contributed by atoms with Crippen LogP contribution in [0.1, 0.15) is 29.7 Å². The van der Waals surface area contributed by atoms with Crippen molar-refractivity contribution in [3.63, 3.8) is 0 Å². The predicted molar refractivity (Wildman–Crippen MR) is 82.9 cm³/mol. The Hall–Kier alpha value is -1.04. The van der Waals surface area contributed by atoms with E-state index in [0.717, 1.165) is 33.3 Å². The van der Waals surface area contributed by atoms with Crippen LogP contribution in [-0.4, -0.2) is 18.3 Å². The van der Waals surface area contributed by atoms with E-state index in [1.54, 1.807) is 18.4 Å². The van der Waals surface area contributed by atoms with Crippen molar-refractivity contribution in [2.24, 2.45) is 0 Å². The molecule has 0 radical (unpaired) electrons. The maximum absolute atomic E-state index is 10.6. The van der Waals surface area contributed by atoms with Crippen LogP contribution >= 0.6 is 27.3 Å². The SMILES string of the molecule is COc1cc2c(cc1C(O)c1cscc1Br)OC(C)C2. The Morgan fingerprint density at radius 3 is 2.85 bits per heavy atom. The standard InChI is InChI=1S/C15H15BrO3S/c1-8-3-9-4-14(18-2)10(5-13(9)19-8)15(17)11-6-20-7-12(11)16/h4-8,15,17H,3H2,1-2H3. The van der Waals surface area contributed by atoms with Crippen molar-refractivity contribution in [2.45, 2.75) is 25.6 Å². The summed E-state index contributed by atoms with van der Waals surface area (Å²) in [6, 6.07) is 3.87. The van der Waals surface area contributed by atoms with Gasteiger partial charge >= 0.3 is 0 Å². The number of aliphatic hydroxyl groups excluding tert-OH is 1. The van der Waals surface area contributed by atoms with Gasteiger partial charge in [0, 0.05) is 33.0 Å². The maximum atomic E-state index is 10.6. The molecule has 0 aliphatic carbocycles. The second-order valence-electron chi connectivity index (χ2n) is 4.91. The van der Waals surface area contributed by atoms with Gasteiger partial charge in [-0.2, -0.15) is 11.3 Å². The lowest BCUT2D eigenvalue weighted by Gasteiger charge is -2.16. The minimum Gasteiger partial charge on any atom is -0.496 e. The molecule has 1 aromatic carbocycles. The van der Waals surface area contributed by atoms with Crippen molar-refractivity contribution in [3.05, 3.63) is 44.1 Å². The molecule has 1 aliphatic heterocycles. The largest absolute Gasteiger partial charge is 0.496 e. The third-order valence-electron chi connectivity index (χ3n) is 3.48. The molecule has 2 atom stereocenters. The lowest BCUT2D eigenvalue weighted by atomic mass is 10.00. The number of aliphatic hydroxyl groups is 1. The van der Waals surface area contributed by atoms with Gasteiger partial charge < -0.3 is 14.6 Å². The summed E-state index contributed by atoms with van der Waals surface area (Å²) in [5, 5.41) is 14.5. The summed E-state index contributed by atoms with van der Waals surface area (Å²) in [6.07, 6.45) is 0.329. The number of hydrogen-bond acceptors (Lipinski definition) is 4. The number of benzene rings is 1. The fourth-order valence-electron chi connectivity index (χ4n) is 2.50. The van der Waals surface area contributed by atoms with Crippen LogP contribution in [0.25, 0.3) is 0 Å². The van der Waals surface area contributed by atoms with Crippen LogP contribution in [0.2, 0.25) is 0 Å². The van der Waals surface area contributed by atoms with Gasteiger partial charge in [0.1, 0.15) is 23.7 Å². The third kappa shape index (κ3) is 2.34. The van der Waals surface area contributed by atoms with Crippen molar-refractivity contribution in [3.8, 4) is 11.5 Å². The van der Waals surface area contributed by atoms with Crippen LogP contribution in [0.15, 0.2) is 27.4 Å². The molecule has 106 valence electrons. The monoisotopic (exact) mass is 354 g/mol. The molecular weight excluding hydrogens is 340 g/mol. The second kappa shape index (κ2) is 5.39. The lowest BCUT2D eigenvalue weighted by molar-refractivity contribution is 0.212. The fourth-order valence-corrected chi connectivity index (χ4v) is 4.03. The van der Waals surface area contributed by atoms with Crippen LogP contribution in [-0.2, 0) is 6.42 Å². The van der Waals surface area contributed by atoms with Crippen molar-refractivity contribution in [1.82, 2.24) is 0 Å². The molecular formula is C15H15BrO3S. The van der Waals surface area contributed by atoms with Crippen LogP contribution in [0.5, 0.6) is 11.5 Å². The van der Waals surface area contributed by atoms with E-state index in [1.807, 2.05) is 29.8 Å². The Morgan fingerprint density at radius 2 is 2.20 bits per heavy atom. The van der Waals surface area contributed by atoms with Gasteiger partial charge in [-0.25, -0.2) is 0 Å². The molecule has 3 rings (SSSR count). The van der Waals surface area contributed by atoms with E-state index in [4.69, 9.17) is 9.47 Å². The van der Waals surface area contributed by atoms with E-state index in [2.05, 4.69) is 15.9 Å². The Balaban J connectivity index is 2.05. The van der Waals surface area contributed by atoms with E-state index in [-0.39, 0.29) is 6.10 Å². The van der Waals surface area contributed by atoms with Crippen molar-refractivity contribution >= 4 is 27.3 Å². The van der Waals surface area contributed by atoms with Crippen LogP contribution in [0, 0.1) is 0 Å². The average Bonchev–Trinajstić information content (AvgIpc) is 3.00. The van der Waals surface area contributed by atoms with Gasteiger partial charge in [0.25, 0.3) is 0 Å². The topological polar surface area (TPSA) is 38.7 Å². The highest BCUT2D eigenvalue weighted by Crippen LogP contribution is 2.41. The highest BCUT2D eigenvalue weighted by atomic mass is 79.9. The number of hydrogen-bond donors (Lipinski definition) is 1. The summed E-state index contributed by atoms with van der Waals surface area (Å²) >= 11 is 5.01. The molecule has 0 bridgehead atoms. The number of rotatable bonds is 3. The molecule has 20 heavy (non-hydrogen) atoms. The first-order chi connectivity index (χ1) is 9.60. The Bertz CT molecular complexity index is 638. The molecule has 1 aliphatic rings. The third-order valence-corrected chi connectivity index (χ3v) is 5.23. The zero-order chi connectivity index (χ0) is 14.3. The molecule has 1 N–H and O–H groups in total. The number of thiophene rings is 1. The van der Waals surface area contributed by atoms with E-state index >= 15 is 0 Å². The summed E-state index contributed by atoms with van der Waals surface area (Å²) in [5.74, 6) is 1.55. The molecule has 1 aromatic heterocycles. The highest BCUT2D eigenvalue weighted by molar-refractivity contribution is 9.10. The Morgan fingerprint density at radius 1 is 1.40 bits per heavy atom. The Labute approximate surface area is 130 Å². The number of halogens is 1. The van der Waals surface area contributed by atoms with E-state index < -0.39 is 6.10 Å². The lowest BCUT2D eigenvalue weighted by Crippen LogP contribution is -2.05. The molecule has 2 unspecified atom stereocenters. The van der Waals surface area contributed by atoms with Gasteiger partial charge in [0.05, 0.1) is 7.11 Å². The molecule has 0 amide bonds. The number of methoxy groups -OCH3 is 1. The zero-order valence-corrected chi connectivity index (χ0v) is 13.6. The van der Waals surface area contributed by atoms with Gasteiger partial charge in [-0.05, 0) is 40.4 Å². The fraction of sp³-hybridized carbons (Fsp3) is 0.333. The Kier molecular flexibility index (Phi) is 3.75. The predicted octanol–water partition coefficient (Wildman–Crippen LogP) is 3.92. The smallest absolute Gasteiger partial charge is 0.125 e. The van der Waals surface area contributed by atoms with E-state index in [9.17, 15) is 5.11 Å². The molecule has 2 aromatic rings. The summed E-state index contributed by atoms with van der Waals surface area (Å²) in [7, 11) is 1.62. The molecule has 0 fully saturated rings. The van der Waals surface area contributed by atoms with Crippen molar-refractivity contribution in [2.75, 3.05) is 7.11 Å². The van der Waals surface area contributed by atoms with Crippen molar-refractivity contribution < 1.29 is 14.6 Å². The van der Waals surface area contributed by atoms with Gasteiger partial charge in [-0.1, -0.05) is 0 Å². The molecule has 0 spiro atoms. The molecule has 2 heterocycles. The first-order valence-corrected chi connectivity index (χ1v) is 8.11. The second-order valence-corrected chi connectivity index (χ2v) is 6.51. The molecule has 3 nitrogen and oxygen atoms in total. The zero-order valence-electron chi connectivity index (χ0n) is 11.2. The van der Waals surface area contributed by atoms with Crippen LogP contribution in [0.3, 0.4) is 0 Å². The normalized spacial score (nSPS) is 18.5. The average molecular weight is 355 g/mol. The van der Waals surface area contributed by atoms with Gasteiger partial charge in [-0.3, -0.25) is 0 Å². The number of fused-ring (bicyclic) bond motifs is 1. The molecule has 0 saturated carbocycles. The van der Waals surface area contributed by atoms with E-state index in [1.165, 1.54) is 0 Å². The van der Waals surface area contributed by atoms with Crippen LogP contribution in [0.4, 0.5) is 0 Å². The molecule has 0 saturated heterocycles. The van der Waals surface area contributed by atoms with Gasteiger partial charge in [0.2, 0.25) is 0 Å². The van der Waals surface area contributed by atoms with Gasteiger partial charge in [-0.15, -0.1) is 0 Å². The summed E-state index contributed by atoms with van der Waals surface area (Å²) in [4.78, 5) is 0. The van der Waals surface area contributed by atoms with Crippen LogP contribution < -0.4 is 9.47 Å². The first kappa shape index (κ1) is 13.9. The molecule has 5 heteroatoms. The number of ether oxygens (including phenoxy) is 2. The summed E-state index contributed by atoms with van der Waals surface area (Å²) in [6.45, 7) is 2.04.